The van der Waals surface area contributed by atoms with Crippen molar-refractivity contribution in [2.45, 2.75) is 6.61 Å². The maximum absolute atomic E-state index is 12.7. The number of halogens is 1. The van der Waals surface area contributed by atoms with Crippen molar-refractivity contribution in [2.75, 3.05) is 7.11 Å². The summed E-state index contributed by atoms with van der Waals surface area (Å²) in [4.78, 5) is 0. The first-order valence-electron chi connectivity index (χ1n) is 3.07. The molecule has 0 aliphatic rings. The number of ether oxygens (including phenoxy) is 1. The summed E-state index contributed by atoms with van der Waals surface area (Å²) in [6.45, 7) is 0.340. The molecule has 0 heterocycles. The minimum atomic E-state index is -0.204. The van der Waals surface area contributed by atoms with Crippen molar-refractivity contribution >= 4 is 0 Å². The molecule has 0 bridgehead atoms. The average Bonchev–Trinajstić information content (AvgIpc) is 1.94. The van der Waals surface area contributed by atoms with Crippen LogP contribution < -0.4 is 0 Å². The van der Waals surface area contributed by atoms with E-state index in [-0.39, 0.29) is 5.82 Å². The second-order valence-electron chi connectivity index (χ2n) is 2.02. The van der Waals surface area contributed by atoms with Crippen LogP contribution in [0.5, 0.6) is 0 Å². The van der Waals surface area contributed by atoms with Gasteiger partial charge in [-0.1, -0.05) is 18.2 Å². The highest BCUT2D eigenvalue weighted by Gasteiger charge is 1.96. The number of methoxy groups -OCH3 is 1. The van der Waals surface area contributed by atoms with Gasteiger partial charge in [-0.15, -0.1) is 0 Å². The third kappa shape index (κ3) is 1.54. The summed E-state index contributed by atoms with van der Waals surface area (Å²) < 4.78 is 17.5. The van der Waals surface area contributed by atoms with Crippen molar-refractivity contribution < 1.29 is 9.13 Å². The number of hydrogen-bond acceptors (Lipinski definition) is 1. The number of rotatable bonds is 2. The lowest BCUT2D eigenvalue weighted by Crippen LogP contribution is -1.90. The summed E-state index contributed by atoms with van der Waals surface area (Å²) in [6, 6.07) is 6.58. The van der Waals surface area contributed by atoms with Crippen molar-refractivity contribution in [2.24, 2.45) is 0 Å². The summed E-state index contributed by atoms with van der Waals surface area (Å²) in [6.07, 6.45) is 0. The Kier molecular flexibility index (Phi) is 2.40. The molecule has 0 saturated carbocycles. The van der Waals surface area contributed by atoms with Crippen LogP contribution in [-0.2, 0) is 11.3 Å². The molecule has 1 aromatic rings. The van der Waals surface area contributed by atoms with Gasteiger partial charge in [-0.2, -0.15) is 0 Å². The molecule has 0 saturated heterocycles. The first-order chi connectivity index (χ1) is 4.84. The van der Waals surface area contributed by atoms with Gasteiger partial charge in [-0.05, 0) is 6.07 Å². The van der Waals surface area contributed by atoms with Gasteiger partial charge >= 0.3 is 0 Å². The minimum absolute atomic E-state index is 0.204. The number of benzene rings is 1. The Labute approximate surface area is 59.4 Å². The molecule has 0 atom stereocenters. The van der Waals surface area contributed by atoms with Gasteiger partial charge in [-0.25, -0.2) is 4.39 Å². The van der Waals surface area contributed by atoms with Crippen LogP contribution in [0.15, 0.2) is 24.3 Å². The van der Waals surface area contributed by atoms with Crippen LogP contribution in [0.2, 0.25) is 0 Å². The van der Waals surface area contributed by atoms with E-state index in [0.717, 1.165) is 0 Å². The van der Waals surface area contributed by atoms with Crippen LogP contribution >= 0.6 is 0 Å². The Morgan fingerprint density at radius 1 is 1.40 bits per heavy atom. The Bertz CT molecular complexity index is 210. The third-order valence-electron chi connectivity index (χ3n) is 1.26. The fourth-order valence-corrected chi connectivity index (χ4v) is 0.771. The normalized spacial score (nSPS) is 9.80. The Balaban J connectivity index is 2.81. The predicted octanol–water partition coefficient (Wildman–Crippen LogP) is 1.97. The molecule has 0 aromatic heterocycles. The Morgan fingerprint density at radius 2 is 2.10 bits per heavy atom. The van der Waals surface area contributed by atoms with Crippen LogP contribution in [0.4, 0.5) is 4.39 Å². The molecular formula is C8H9FO. The molecule has 1 aromatic carbocycles. The van der Waals surface area contributed by atoms with Gasteiger partial charge in [0.1, 0.15) is 5.82 Å². The first kappa shape index (κ1) is 7.22. The highest BCUT2D eigenvalue weighted by molar-refractivity contribution is 5.15. The summed E-state index contributed by atoms with van der Waals surface area (Å²) in [5.41, 5.74) is 0.602. The molecule has 0 aliphatic carbocycles. The summed E-state index contributed by atoms with van der Waals surface area (Å²) in [5.74, 6) is -0.204. The standard InChI is InChI=1S/C8H9FO/c1-10-6-7-4-2-3-5-8(7)9/h2-5H,6H2,1H3. The molecule has 1 rings (SSSR count). The molecule has 0 radical (unpaired) electrons. The quantitative estimate of drug-likeness (QED) is 0.610. The van der Waals surface area contributed by atoms with Crippen molar-refractivity contribution in [3.63, 3.8) is 0 Å². The van der Waals surface area contributed by atoms with Crippen molar-refractivity contribution in [3.05, 3.63) is 35.6 Å². The lowest BCUT2D eigenvalue weighted by atomic mass is 10.2. The fraction of sp³-hybridized carbons (Fsp3) is 0.250. The van der Waals surface area contributed by atoms with E-state index in [1.165, 1.54) is 6.07 Å². The van der Waals surface area contributed by atoms with Crippen LogP contribution in [0.1, 0.15) is 5.56 Å². The lowest BCUT2D eigenvalue weighted by molar-refractivity contribution is 0.181. The monoisotopic (exact) mass is 140 g/mol. The summed E-state index contributed by atoms with van der Waals surface area (Å²) in [7, 11) is 1.55. The van der Waals surface area contributed by atoms with Crippen molar-refractivity contribution in [1.82, 2.24) is 0 Å². The molecule has 0 aliphatic heterocycles. The van der Waals surface area contributed by atoms with E-state index in [9.17, 15) is 4.39 Å². The van der Waals surface area contributed by atoms with E-state index in [4.69, 9.17) is 4.74 Å². The van der Waals surface area contributed by atoms with Crippen LogP contribution in [0, 0.1) is 5.82 Å². The molecule has 0 N–H and O–H groups in total. The van der Waals surface area contributed by atoms with E-state index >= 15 is 0 Å². The van der Waals surface area contributed by atoms with Gasteiger partial charge in [0.2, 0.25) is 0 Å². The van der Waals surface area contributed by atoms with E-state index in [0.29, 0.717) is 12.2 Å². The molecule has 1 nitrogen and oxygen atoms in total. The van der Waals surface area contributed by atoms with E-state index in [1.54, 1.807) is 25.3 Å². The molecule has 0 unspecified atom stereocenters. The highest BCUT2D eigenvalue weighted by atomic mass is 19.1. The van der Waals surface area contributed by atoms with E-state index in [1.807, 2.05) is 0 Å². The third-order valence-corrected chi connectivity index (χ3v) is 1.26. The fourth-order valence-electron chi connectivity index (χ4n) is 0.771. The van der Waals surface area contributed by atoms with Crippen LogP contribution in [0.3, 0.4) is 0 Å². The second kappa shape index (κ2) is 3.32. The molecule has 0 amide bonds. The molecule has 0 fully saturated rings. The smallest absolute Gasteiger partial charge is 0.128 e. The molecule has 0 spiro atoms. The van der Waals surface area contributed by atoms with E-state index in [2.05, 4.69) is 0 Å². The minimum Gasteiger partial charge on any atom is -0.380 e. The molecule has 54 valence electrons. The SMILES string of the molecule is COCc1ccccc1F. The average molecular weight is 140 g/mol. The Morgan fingerprint density at radius 3 is 2.70 bits per heavy atom. The summed E-state index contributed by atoms with van der Waals surface area (Å²) >= 11 is 0. The lowest BCUT2D eigenvalue weighted by Gasteiger charge is -1.98. The zero-order valence-electron chi connectivity index (χ0n) is 5.80. The van der Waals surface area contributed by atoms with Gasteiger partial charge < -0.3 is 4.74 Å². The Hall–Kier alpha value is -0.890. The zero-order chi connectivity index (χ0) is 7.40. The largest absolute Gasteiger partial charge is 0.380 e. The summed E-state index contributed by atoms with van der Waals surface area (Å²) in [5, 5.41) is 0. The maximum atomic E-state index is 12.7. The van der Waals surface area contributed by atoms with Gasteiger partial charge in [0.05, 0.1) is 6.61 Å². The molecule has 2 heteroatoms. The number of hydrogen-bond donors (Lipinski definition) is 0. The van der Waals surface area contributed by atoms with Gasteiger partial charge in [0.25, 0.3) is 0 Å². The van der Waals surface area contributed by atoms with E-state index < -0.39 is 0 Å². The van der Waals surface area contributed by atoms with Gasteiger partial charge in [0.15, 0.2) is 0 Å². The predicted molar refractivity (Wildman–Crippen MR) is 37.1 cm³/mol. The second-order valence-corrected chi connectivity index (χ2v) is 2.02. The van der Waals surface area contributed by atoms with Crippen LogP contribution in [0.25, 0.3) is 0 Å². The molecule has 10 heavy (non-hydrogen) atoms. The van der Waals surface area contributed by atoms with Crippen molar-refractivity contribution in [1.29, 1.82) is 0 Å². The van der Waals surface area contributed by atoms with Gasteiger partial charge in [-0.3, -0.25) is 0 Å². The first-order valence-corrected chi connectivity index (χ1v) is 3.07. The molecular weight excluding hydrogens is 131 g/mol. The highest BCUT2D eigenvalue weighted by Crippen LogP contribution is 2.06. The zero-order valence-corrected chi connectivity index (χ0v) is 5.80. The maximum Gasteiger partial charge on any atom is 0.128 e. The van der Waals surface area contributed by atoms with Crippen molar-refractivity contribution in [3.8, 4) is 0 Å². The van der Waals surface area contributed by atoms with Crippen LogP contribution in [-0.4, -0.2) is 7.11 Å². The van der Waals surface area contributed by atoms with Gasteiger partial charge in [0, 0.05) is 12.7 Å². The topological polar surface area (TPSA) is 9.23 Å².